The molecule has 1 heterocycles. The average Bonchev–Trinajstić information content (AvgIpc) is 2.33. The summed E-state index contributed by atoms with van der Waals surface area (Å²) in [5, 5.41) is 3.69. The number of hydrogen-bond donors (Lipinski definition) is 1. The third-order valence-corrected chi connectivity index (χ3v) is 3.55. The Morgan fingerprint density at radius 1 is 1.29 bits per heavy atom. The van der Waals surface area contributed by atoms with E-state index in [-0.39, 0.29) is 0 Å². The van der Waals surface area contributed by atoms with Gasteiger partial charge in [0.05, 0.1) is 6.61 Å². The highest BCUT2D eigenvalue weighted by atomic mass is 16.5. The van der Waals surface area contributed by atoms with Crippen LogP contribution < -0.4 is 5.32 Å². The van der Waals surface area contributed by atoms with Crippen molar-refractivity contribution in [3.8, 4) is 0 Å². The van der Waals surface area contributed by atoms with Crippen LogP contribution in [0.15, 0.2) is 0 Å². The van der Waals surface area contributed by atoms with E-state index < -0.39 is 0 Å². The molecule has 0 saturated carbocycles. The van der Waals surface area contributed by atoms with Gasteiger partial charge in [0.25, 0.3) is 0 Å². The van der Waals surface area contributed by atoms with Gasteiger partial charge in [-0.15, -0.1) is 0 Å². The first-order valence-electron chi connectivity index (χ1n) is 7.27. The van der Waals surface area contributed by atoms with Crippen LogP contribution in [0.25, 0.3) is 0 Å². The molecule has 1 aliphatic heterocycles. The summed E-state index contributed by atoms with van der Waals surface area (Å²) in [7, 11) is 0. The average molecular weight is 242 g/mol. The van der Waals surface area contributed by atoms with E-state index in [9.17, 15) is 0 Å². The molecule has 0 aromatic rings. The van der Waals surface area contributed by atoms with E-state index in [1.165, 1.54) is 19.4 Å². The monoisotopic (exact) mass is 242 g/mol. The molecule has 0 amide bonds. The van der Waals surface area contributed by atoms with Crippen molar-refractivity contribution in [3.63, 3.8) is 0 Å². The second-order valence-electron chi connectivity index (χ2n) is 5.32. The largest absolute Gasteiger partial charge is 0.380 e. The predicted octanol–water partition coefficient (Wildman–Crippen LogP) is 2.26. The molecule has 0 aliphatic carbocycles. The molecule has 2 unspecified atom stereocenters. The molecule has 0 bridgehead atoms. The molecule has 2 atom stereocenters. The number of nitrogens with one attached hydrogen (secondary N) is 1. The summed E-state index contributed by atoms with van der Waals surface area (Å²) in [6.07, 6.45) is 3.58. The minimum absolute atomic E-state index is 0.551. The topological polar surface area (TPSA) is 24.5 Å². The van der Waals surface area contributed by atoms with Gasteiger partial charge in [-0.05, 0) is 46.2 Å². The van der Waals surface area contributed by atoms with Crippen molar-refractivity contribution in [1.82, 2.24) is 10.2 Å². The van der Waals surface area contributed by atoms with Gasteiger partial charge < -0.3 is 10.1 Å². The standard InChI is InChI=1S/C14H30N2O/c1-5-8-15-13-7-10-17-11-14(13)16(9-6-2)12(3)4/h12-15H,5-11H2,1-4H3. The molecule has 1 fully saturated rings. The van der Waals surface area contributed by atoms with Gasteiger partial charge in [0.1, 0.15) is 0 Å². The number of hydrogen-bond acceptors (Lipinski definition) is 3. The van der Waals surface area contributed by atoms with Crippen LogP contribution >= 0.6 is 0 Å². The highest BCUT2D eigenvalue weighted by molar-refractivity contribution is 4.88. The maximum atomic E-state index is 5.69. The zero-order valence-corrected chi connectivity index (χ0v) is 12.0. The van der Waals surface area contributed by atoms with Crippen molar-refractivity contribution in [2.75, 3.05) is 26.3 Å². The van der Waals surface area contributed by atoms with Crippen molar-refractivity contribution < 1.29 is 4.74 Å². The Labute approximate surface area is 107 Å². The normalized spacial score (nSPS) is 25.8. The third-order valence-electron chi connectivity index (χ3n) is 3.55. The maximum absolute atomic E-state index is 5.69. The van der Waals surface area contributed by atoms with Crippen molar-refractivity contribution in [1.29, 1.82) is 0 Å². The van der Waals surface area contributed by atoms with E-state index in [0.29, 0.717) is 18.1 Å². The molecule has 0 radical (unpaired) electrons. The molecule has 102 valence electrons. The van der Waals surface area contributed by atoms with Gasteiger partial charge >= 0.3 is 0 Å². The molecule has 0 aromatic carbocycles. The first-order chi connectivity index (χ1) is 8.20. The smallest absolute Gasteiger partial charge is 0.0637 e. The summed E-state index contributed by atoms with van der Waals surface area (Å²) >= 11 is 0. The molecular weight excluding hydrogens is 212 g/mol. The summed E-state index contributed by atoms with van der Waals surface area (Å²) < 4.78 is 5.69. The fourth-order valence-electron chi connectivity index (χ4n) is 2.68. The van der Waals surface area contributed by atoms with Crippen LogP contribution in [0.2, 0.25) is 0 Å². The van der Waals surface area contributed by atoms with Crippen LogP contribution in [0, 0.1) is 0 Å². The van der Waals surface area contributed by atoms with Crippen LogP contribution in [0.3, 0.4) is 0 Å². The van der Waals surface area contributed by atoms with E-state index >= 15 is 0 Å². The lowest BCUT2D eigenvalue weighted by Gasteiger charge is -2.42. The third kappa shape index (κ3) is 4.57. The lowest BCUT2D eigenvalue weighted by Crippen LogP contribution is -2.57. The van der Waals surface area contributed by atoms with Crippen molar-refractivity contribution in [2.24, 2.45) is 0 Å². The summed E-state index contributed by atoms with van der Waals surface area (Å²) in [5.74, 6) is 0. The van der Waals surface area contributed by atoms with Gasteiger partial charge in [0.2, 0.25) is 0 Å². The number of nitrogens with zero attached hydrogens (tertiary/aromatic N) is 1. The second kappa shape index (κ2) is 8.06. The van der Waals surface area contributed by atoms with Gasteiger partial charge in [0.15, 0.2) is 0 Å². The minimum atomic E-state index is 0.551. The zero-order chi connectivity index (χ0) is 12.7. The van der Waals surface area contributed by atoms with Crippen LogP contribution in [0.5, 0.6) is 0 Å². The van der Waals surface area contributed by atoms with Gasteiger partial charge in [-0.1, -0.05) is 13.8 Å². The van der Waals surface area contributed by atoms with Crippen molar-refractivity contribution >= 4 is 0 Å². The Morgan fingerprint density at radius 3 is 2.65 bits per heavy atom. The van der Waals surface area contributed by atoms with E-state index in [1.807, 2.05) is 0 Å². The van der Waals surface area contributed by atoms with E-state index in [4.69, 9.17) is 4.74 Å². The van der Waals surface area contributed by atoms with Gasteiger partial charge in [0, 0.05) is 24.7 Å². The molecule has 1 saturated heterocycles. The highest BCUT2D eigenvalue weighted by Crippen LogP contribution is 2.17. The van der Waals surface area contributed by atoms with E-state index in [1.54, 1.807) is 0 Å². The molecule has 0 spiro atoms. The fraction of sp³-hybridized carbons (Fsp3) is 1.00. The first-order valence-corrected chi connectivity index (χ1v) is 7.27. The Hall–Kier alpha value is -0.120. The summed E-state index contributed by atoms with van der Waals surface area (Å²) in [4.78, 5) is 2.60. The lowest BCUT2D eigenvalue weighted by molar-refractivity contribution is -0.0145. The molecule has 17 heavy (non-hydrogen) atoms. The number of ether oxygens (including phenoxy) is 1. The molecule has 1 rings (SSSR count). The summed E-state index contributed by atoms with van der Waals surface area (Å²) in [6, 6.07) is 1.76. The van der Waals surface area contributed by atoms with Crippen LogP contribution in [0.4, 0.5) is 0 Å². The SMILES string of the molecule is CCCNC1CCOCC1N(CCC)C(C)C. The van der Waals surface area contributed by atoms with Gasteiger partial charge in [-0.3, -0.25) is 4.90 Å². The Bertz CT molecular complexity index is 197. The summed E-state index contributed by atoms with van der Waals surface area (Å²) in [6.45, 7) is 13.2. The van der Waals surface area contributed by atoms with Crippen molar-refractivity contribution in [3.05, 3.63) is 0 Å². The molecular formula is C14H30N2O. The van der Waals surface area contributed by atoms with Crippen LogP contribution in [0.1, 0.15) is 47.0 Å². The van der Waals surface area contributed by atoms with Crippen LogP contribution in [-0.4, -0.2) is 49.3 Å². The molecule has 1 N–H and O–H groups in total. The van der Waals surface area contributed by atoms with Crippen molar-refractivity contribution in [2.45, 2.75) is 65.1 Å². The zero-order valence-electron chi connectivity index (χ0n) is 12.0. The Kier molecular flexibility index (Phi) is 7.09. The Balaban J connectivity index is 2.59. The first kappa shape index (κ1) is 14.9. The highest BCUT2D eigenvalue weighted by Gasteiger charge is 2.31. The quantitative estimate of drug-likeness (QED) is 0.741. The summed E-state index contributed by atoms with van der Waals surface area (Å²) in [5.41, 5.74) is 0. The second-order valence-corrected chi connectivity index (χ2v) is 5.32. The van der Waals surface area contributed by atoms with E-state index in [0.717, 1.165) is 26.2 Å². The predicted molar refractivity (Wildman–Crippen MR) is 73.4 cm³/mol. The lowest BCUT2D eigenvalue weighted by atomic mass is 10.00. The molecule has 1 aliphatic rings. The van der Waals surface area contributed by atoms with Gasteiger partial charge in [-0.25, -0.2) is 0 Å². The molecule has 3 heteroatoms. The van der Waals surface area contributed by atoms with E-state index in [2.05, 4.69) is 37.9 Å². The van der Waals surface area contributed by atoms with Gasteiger partial charge in [-0.2, -0.15) is 0 Å². The number of rotatable bonds is 7. The Morgan fingerprint density at radius 2 is 2.06 bits per heavy atom. The minimum Gasteiger partial charge on any atom is -0.380 e. The van der Waals surface area contributed by atoms with Crippen LogP contribution in [-0.2, 0) is 4.74 Å². The fourth-order valence-corrected chi connectivity index (χ4v) is 2.68. The maximum Gasteiger partial charge on any atom is 0.0637 e. The molecule has 0 aromatic heterocycles. The molecule has 3 nitrogen and oxygen atoms in total.